The van der Waals surface area contributed by atoms with Gasteiger partial charge in [0.2, 0.25) is 0 Å². The Bertz CT molecular complexity index is 854. The number of rotatable bonds is 4. The van der Waals surface area contributed by atoms with Gasteiger partial charge >= 0.3 is 0 Å². The van der Waals surface area contributed by atoms with Crippen LogP contribution in [0.5, 0.6) is 0 Å². The number of halogens is 1. The lowest BCUT2D eigenvalue weighted by Gasteiger charge is -2.26. The highest BCUT2D eigenvalue weighted by molar-refractivity contribution is 7.17. The van der Waals surface area contributed by atoms with Gasteiger partial charge in [0.05, 0.1) is 5.69 Å². The highest BCUT2D eigenvalue weighted by atomic mass is 32.1. The van der Waals surface area contributed by atoms with Crippen molar-refractivity contribution in [2.24, 2.45) is 11.8 Å². The molecule has 1 N–H and O–H groups in total. The van der Waals surface area contributed by atoms with Crippen LogP contribution >= 0.6 is 11.3 Å². The van der Waals surface area contributed by atoms with Crippen LogP contribution in [-0.4, -0.2) is 53.9 Å². The molecule has 2 fully saturated rings. The molecule has 0 aliphatic carbocycles. The average Bonchev–Trinajstić information content (AvgIpc) is 3.26. The van der Waals surface area contributed by atoms with E-state index < -0.39 is 0 Å². The molecule has 3 heterocycles. The Morgan fingerprint density at radius 3 is 2.93 bits per heavy atom. The first-order valence-corrected chi connectivity index (χ1v) is 10.3. The third kappa shape index (κ3) is 3.34. The lowest BCUT2D eigenvalue weighted by Crippen LogP contribution is -2.33. The number of fused-ring (bicyclic) bond motifs is 1. The molecular weight excluding hydrogens is 363 g/mol. The van der Waals surface area contributed by atoms with Crippen molar-refractivity contribution in [1.82, 2.24) is 14.8 Å². The van der Waals surface area contributed by atoms with Crippen molar-refractivity contribution in [3.63, 3.8) is 0 Å². The maximum atomic E-state index is 13.7. The number of hydrogen-bond donors (Lipinski definition) is 1. The molecule has 0 saturated carbocycles. The van der Waals surface area contributed by atoms with Gasteiger partial charge in [-0.3, -0.25) is 9.69 Å². The summed E-state index contributed by atoms with van der Waals surface area (Å²) in [5.41, 5.74) is 1.79. The normalized spacial score (nSPS) is 25.0. The first-order valence-electron chi connectivity index (χ1n) is 9.44. The van der Waals surface area contributed by atoms with Gasteiger partial charge in [-0.05, 0) is 44.5 Å². The van der Waals surface area contributed by atoms with Gasteiger partial charge in [-0.25, -0.2) is 9.37 Å². The van der Waals surface area contributed by atoms with E-state index in [-0.39, 0.29) is 17.8 Å². The number of thiazole rings is 1. The molecule has 27 heavy (non-hydrogen) atoms. The number of nitrogens with zero attached hydrogens (tertiary/aromatic N) is 3. The van der Waals surface area contributed by atoms with Crippen LogP contribution in [0.3, 0.4) is 0 Å². The molecule has 2 aliphatic heterocycles. The molecule has 0 radical (unpaired) electrons. The van der Waals surface area contributed by atoms with Gasteiger partial charge < -0.3 is 10.2 Å². The van der Waals surface area contributed by atoms with Crippen molar-refractivity contribution in [1.29, 1.82) is 0 Å². The summed E-state index contributed by atoms with van der Waals surface area (Å²) in [6, 6.07) is 7.03. The van der Waals surface area contributed by atoms with Crippen LogP contribution in [0.15, 0.2) is 24.3 Å². The van der Waals surface area contributed by atoms with Crippen LogP contribution in [0.4, 0.5) is 9.52 Å². The van der Waals surface area contributed by atoms with Crippen LogP contribution in [0.2, 0.25) is 0 Å². The topological polar surface area (TPSA) is 48.5 Å². The van der Waals surface area contributed by atoms with Gasteiger partial charge in [0, 0.05) is 38.1 Å². The molecule has 2 saturated heterocycles. The van der Waals surface area contributed by atoms with E-state index in [1.54, 1.807) is 12.1 Å². The molecular formula is C20H25FN4OS. The molecule has 2 aromatic rings. The predicted molar refractivity (Wildman–Crippen MR) is 106 cm³/mol. The SMILES string of the molecule is CCNc1nc(C)c(C(=O)N2C[C@@H]3CN(C)[C@@H](c4cccc(F)c4)[C@@H]3C2)s1. The molecule has 0 unspecified atom stereocenters. The monoisotopic (exact) mass is 388 g/mol. The smallest absolute Gasteiger partial charge is 0.265 e. The summed E-state index contributed by atoms with van der Waals surface area (Å²) in [7, 11) is 2.09. The largest absolute Gasteiger partial charge is 0.362 e. The van der Waals surface area contributed by atoms with Gasteiger partial charge in [-0.15, -0.1) is 0 Å². The number of hydrogen-bond acceptors (Lipinski definition) is 5. The van der Waals surface area contributed by atoms with Crippen molar-refractivity contribution >= 4 is 22.4 Å². The quantitative estimate of drug-likeness (QED) is 0.872. The first kappa shape index (κ1) is 18.4. The van der Waals surface area contributed by atoms with E-state index in [0.717, 1.165) is 40.9 Å². The zero-order chi connectivity index (χ0) is 19.1. The summed E-state index contributed by atoms with van der Waals surface area (Å²) in [5, 5.41) is 3.99. The molecule has 1 aromatic carbocycles. The highest BCUT2D eigenvalue weighted by Gasteiger charge is 2.47. The maximum absolute atomic E-state index is 13.7. The van der Waals surface area contributed by atoms with Crippen molar-refractivity contribution < 1.29 is 9.18 Å². The number of aromatic nitrogens is 1. The number of anilines is 1. The summed E-state index contributed by atoms with van der Waals surface area (Å²) in [6.45, 7) is 7.10. The van der Waals surface area contributed by atoms with Crippen molar-refractivity contribution in [2.45, 2.75) is 19.9 Å². The zero-order valence-corrected chi connectivity index (χ0v) is 16.7. The van der Waals surface area contributed by atoms with Crippen molar-refractivity contribution in [3.05, 3.63) is 46.2 Å². The van der Waals surface area contributed by atoms with Crippen LogP contribution in [0.1, 0.15) is 33.9 Å². The number of benzene rings is 1. The molecule has 4 rings (SSSR count). The Labute approximate surface area is 163 Å². The predicted octanol–water partition coefficient (Wildman–Crippen LogP) is 3.40. The van der Waals surface area contributed by atoms with Gasteiger partial charge in [0.15, 0.2) is 5.13 Å². The van der Waals surface area contributed by atoms with Gasteiger partial charge in [-0.2, -0.15) is 0 Å². The second kappa shape index (κ2) is 7.20. The standard InChI is InChI=1S/C20H25FN4OS/c1-4-22-20-23-12(2)18(27-20)19(26)25-10-14-9-24(3)17(16(14)11-25)13-6-5-7-15(21)8-13/h5-8,14,16-17H,4,9-11H2,1-3H3,(H,22,23)/t14-,16+,17-/m0/s1. The fourth-order valence-corrected chi connectivity index (χ4v) is 5.58. The van der Waals surface area contributed by atoms with Gasteiger partial charge in [-0.1, -0.05) is 23.5 Å². The number of amides is 1. The number of nitrogens with one attached hydrogen (secondary N) is 1. The van der Waals surface area contributed by atoms with Gasteiger partial charge in [0.25, 0.3) is 5.91 Å². The van der Waals surface area contributed by atoms with E-state index in [0.29, 0.717) is 18.4 Å². The second-order valence-corrected chi connectivity index (χ2v) is 8.54. The average molecular weight is 389 g/mol. The van der Waals surface area contributed by atoms with E-state index >= 15 is 0 Å². The van der Waals surface area contributed by atoms with E-state index in [2.05, 4.69) is 22.2 Å². The minimum absolute atomic E-state index is 0.0733. The Morgan fingerprint density at radius 1 is 1.37 bits per heavy atom. The fourth-order valence-electron chi connectivity index (χ4n) is 4.58. The van der Waals surface area contributed by atoms with Gasteiger partial charge in [0.1, 0.15) is 10.7 Å². The van der Waals surface area contributed by atoms with E-state index in [1.165, 1.54) is 17.4 Å². The van der Waals surface area contributed by atoms with Crippen LogP contribution in [0, 0.1) is 24.6 Å². The molecule has 2 aliphatic rings. The minimum Gasteiger partial charge on any atom is -0.362 e. The molecule has 7 heteroatoms. The molecule has 0 spiro atoms. The number of carbonyl (C=O) groups excluding carboxylic acids is 1. The van der Waals surface area contributed by atoms with Crippen molar-refractivity contribution in [2.75, 3.05) is 38.5 Å². The molecule has 1 aromatic heterocycles. The first-order chi connectivity index (χ1) is 13.0. The van der Waals surface area contributed by atoms with E-state index in [9.17, 15) is 9.18 Å². The number of likely N-dealkylation sites (tertiary alicyclic amines) is 2. The van der Waals surface area contributed by atoms with E-state index in [4.69, 9.17) is 0 Å². The molecule has 0 bridgehead atoms. The fraction of sp³-hybridized carbons (Fsp3) is 0.500. The summed E-state index contributed by atoms with van der Waals surface area (Å²) >= 11 is 1.43. The Balaban J connectivity index is 1.53. The minimum atomic E-state index is -0.202. The van der Waals surface area contributed by atoms with Crippen LogP contribution in [0.25, 0.3) is 0 Å². The highest BCUT2D eigenvalue weighted by Crippen LogP contribution is 2.44. The molecule has 144 valence electrons. The Kier molecular flexibility index (Phi) is 4.90. The lowest BCUT2D eigenvalue weighted by molar-refractivity contribution is 0.0771. The summed E-state index contributed by atoms with van der Waals surface area (Å²) in [5.74, 6) is 0.631. The molecule has 5 nitrogen and oxygen atoms in total. The summed E-state index contributed by atoms with van der Waals surface area (Å²) in [6.07, 6.45) is 0. The Morgan fingerprint density at radius 2 is 2.19 bits per heavy atom. The summed E-state index contributed by atoms with van der Waals surface area (Å²) < 4.78 is 13.7. The zero-order valence-electron chi connectivity index (χ0n) is 15.9. The second-order valence-electron chi connectivity index (χ2n) is 7.54. The lowest BCUT2D eigenvalue weighted by atomic mass is 9.89. The third-order valence-electron chi connectivity index (χ3n) is 5.69. The number of aryl methyl sites for hydroxylation is 1. The van der Waals surface area contributed by atoms with Crippen LogP contribution < -0.4 is 5.32 Å². The molecule has 3 atom stereocenters. The third-order valence-corrected chi connectivity index (χ3v) is 6.79. The molecule has 1 amide bonds. The van der Waals surface area contributed by atoms with Crippen LogP contribution in [-0.2, 0) is 0 Å². The maximum Gasteiger partial charge on any atom is 0.265 e. The summed E-state index contributed by atoms with van der Waals surface area (Å²) in [4.78, 5) is 22.5. The Hall–Kier alpha value is -1.99. The number of carbonyl (C=O) groups is 1. The van der Waals surface area contributed by atoms with Crippen molar-refractivity contribution in [3.8, 4) is 0 Å². The van der Waals surface area contributed by atoms with E-state index in [1.807, 2.05) is 24.8 Å².